The maximum atomic E-state index is 13.6. The van der Waals surface area contributed by atoms with Crippen LogP contribution in [0.15, 0.2) is 60.7 Å². The highest BCUT2D eigenvalue weighted by Gasteiger charge is 2.42. The molecule has 0 bridgehead atoms. The summed E-state index contributed by atoms with van der Waals surface area (Å²) in [6.45, 7) is 0. The highest BCUT2D eigenvalue weighted by molar-refractivity contribution is 6.31. The maximum Gasteiger partial charge on any atom is 0.229 e. The van der Waals surface area contributed by atoms with Gasteiger partial charge in [0.05, 0.1) is 38.3 Å². The van der Waals surface area contributed by atoms with Crippen molar-refractivity contribution >= 4 is 34.8 Å². The quantitative estimate of drug-likeness (QED) is 0.444. The Bertz CT molecular complexity index is 1270. The summed E-state index contributed by atoms with van der Waals surface area (Å²) in [5, 5.41) is 2.74. The van der Waals surface area contributed by atoms with Crippen molar-refractivity contribution < 1.29 is 28.2 Å². The number of rotatable bonds is 7. The van der Waals surface area contributed by atoms with E-state index in [-0.39, 0.29) is 23.3 Å². The molecule has 0 saturated carbocycles. The Hall–Kier alpha value is -3.78. The number of carbonyl (C=O) groups is 2. The lowest BCUT2D eigenvalue weighted by Crippen LogP contribution is -2.47. The largest absolute Gasteiger partial charge is 0.497 e. The van der Waals surface area contributed by atoms with Crippen molar-refractivity contribution in [3.05, 3.63) is 77.1 Å². The number of nitrogens with one attached hydrogen (secondary N) is 1. The number of benzene rings is 3. The fourth-order valence-corrected chi connectivity index (χ4v) is 4.62. The van der Waals surface area contributed by atoms with Gasteiger partial charge in [-0.25, -0.2) is 4.39 Å². The van der Waals surface area contributed by atoms with Gasteiger partial charge in [0.1, 0.15) is 11.6 Å². The summed E-state index contributed by atoms with van der Waals surface area (Å²) >= 11 is 5.90. The molecule has 3 aromatic carbocycles. The average molecular weight is 513 g/mol. The van der Waals surface area contributed by atoms with Crippen LogP contribution in [0.3, 0.4) is 0 Å². The molecule has 1 aliphatic heterocycles. The minimum atomic E-state index is -0.643. The van der Waals surface area contributed by atoms with Crippen LogP contribution in [0.25, 0.3) is 0 Å². The van der Waals surface area contributed by atoms with Gasteiger partial charge >= 0.3 is 0 Å². The third-order valence-electron chi connectivity index (χ3n) is 6.22. The topological polar surface area (TPSA) is 77.1 Å². The van der Waals surface area contributed by atoms with Gasteiger partial charge in [0.2, 0.25) is 11.8 Å². The van der Waals surface area contributed by atoms with Crippen LogP contribution in [0, 0.1) is 11.7 Å². The monoisotopic (exact) mass is 512 g/mol. The zero-order valence-corrected chi connectivity index (χ0v) is 20.8. The predicted octanol–water partition coefficient (Wildman–Crippen LogP) is 5.63. The van der Waals surface area contributed by atoms with Crippen molar-refractivity contribution in [3.8, 4) is 17.2 Å². The number of halogens is 2. The maximum absolute atomic E-state index is 13.6. The smallest absolute Gasteiger partial charge is 0.229 e. The van der Waals surface area contributed by atoms with Gasteiger partial charge in [0.15, 0.2) is 11.5 Å². The molecule has 1 fully saturated rings. The second-order valence-corrected chi connectivity index (χ2v) is 8.69. The molecule has 36 heavy (non-hydrogen) atoms. The molecule has 1 saturated heterocycles. The highest BCUT2D eigenvalue weighted by Crippen LogP contribution is 2.43. The highest BCUT2D eigenvalue weighted by atomic mass is 35.5. The molecule has 1 aliphatic rings. The number of anilines is 2. The van der Waals surface area contributed by atoms with Crippen LogP contribution < -0.4 is 24.4 Å². The third-order valence-corrected chi connectivity index (χ3v) is 6.51. The molecular formula is C27H26ClFN2O5. The number of nitrogens with zero attached hydrogens (tertiary/aromatic N) is 1. The Kier molecular flexibility index (Phi) is 7.64. The minimum absolute atomic E-state index is 0.0945. The van der Waals surface area contributed by atoms with Crippen LogP contribution in [-0.4, -0.2) is 33.1 Å². The van der Waals surface area contributed by atoms with Crippen LogP contribution in [0.1, 0.15) is 24.4 Å². The first-order chi connectivity index (χ1) is 17.4. The van der Waals surface area contributed by atoms with E-state index in [1.807, 2.05) is 6.07 Å². The summed E-state index contributed by atoms with van der Waals surface area (Å²) in [5.74, 6) is 0.0257. The molecule has 7 nitrogen and oxygen atoms in total. The molecule has 188 valence electrons. The van der Waals surface area contributed by atoms with Crippen molar-refractivity contribution in [3.63, 3.8) is 0 Å². The van der Waals surface area contributed by atoms with E-state index in [0.717, 1.165) is 0 Å². The molecule has 2 atom stereocenters. The Labute approximate surface area is 213 Å². The Balaban J connectivity index is 1.77. The van der Waals surface area contributed by atoms with E-state index in [1.54, 1.807) is 48.4 Å². The van der Waals surface area contributed by atoms with Gasteiger partial charge in [-0.1, -0.05) is 17.7 Å². The number of carbonyl (C=O) groups excluding carboxylic acids is 2. The van der Waals surface area contributed by atoms with Crippen molar-refractivity contribution in [1.82, 2.24) is 0 Å². The van der Waals surface area contributed by atoms with E-state index in [1.165, 1.54) is 32.4 Å². The van der Waals surface area contributed by atoms with E-state index in [2.05, 4.69) is 5.32 Å². The van der Waals surface area contributed by atoms with Gasteiger partial charge in [0.25, 0.3) is 0 Å². The van der Waals surface area contributed by atoms with Crippen molar-refractivity contribution in [2.45, 2.75) is 18.9 Å². The number of ether oxygens (including phenoxy) is 3. The standard InChI is InChI=1S/C27H26ClFN2O5/c1-34-19-8-6-18(7-9-19)31-25(32)13-10-20(27(33)30-17-5-11-22(29)21(28)15-17)26(31)16-4-12-23(35-2)24(14-16)36-3/h4-9,11-12,14-15,20,26H,10,13H2,1-3H3,(H,30,33)/t20-,26+/m1/s1. The predicted molar refractivity (Wildman–Crippen MR) is 136 cm³/mol. The van der Waals surface area contributed by atoms with Crippen LogP contribution in [0.2, 0.25) is 5.02 Å². The van der Waals surface area contributed by atoms with Crippen LogP contribution in [-0.2, 0) is 9.59 Å². The molecule has 4 rings (SSSR count). The molecule has 9 heteroatoms. The normalized spacial score (nSPS) is 17.5. The fraction of sp³-hybridized carbons (Fsp3) is 0.259. The Morgan fingerprint density at radius 3 is 2.33 bits per heavy atom. The Morgan fingerprint density at radius 1 is 0.972 bits per heavy atom. The van der Waals surface area contributed by atoms with E-state index in [4.69, 9.17) is 25.8 Å². The molecule has 0 radical (unpaired) electrons. The molecular weight excluding hydrogens is 487 g/mol. The number of hydrogen-bond acceptors (Lipinski definition) is 5. The summed E-state index contributed by atoms with van der Waals surface area (Å²) in [7, 11) is 4.63. The van der Waals surface area contributed by atoms with Gasteiger partial charge in [0, 0.05) is 17.8 Å². The van der Waals surface area contributed by atoms with E-state index in [0.29, 0.717) is 40.6 Å². The molecule has 2 amide bonds. The van der Waals surface area contributed by atoms with E-state index < -0.39 is 17.8 Å². The zero-order chi connectivity index (χ0) is 25.8. The van der Waals surface area contributed by atoms with E-state index >= 15 is 0 Å². The van der Waals surface area contributed by atoms with Crippen molar-refractivity contribution in [1.29, 1.82) is 0 Å². The van der Waals surface area contributed by atoms with Crippen LogP contribution in [0.4, 0.5) is 15.8 Å². The molecule has 0 aliphatic carbocycles. The third kappa shape index (κ3) is 5.09. The lowest BCUT2D eigenvalue weighted by Gasteiger charge is -2.41. The van der Waals surface area contributed by atoms with Crippen molar-refractivity contribution in [2.75, 3.05) is 31.5 Å². The fourth-order valence-electron chi connectivity index (χ4n) is 4.44. The zero-order valence-electron chi connectivity index (χ0n) is 20.1. The van der Waals surface area contributed by atoms with Crippen LogP contribution >= 0.6 is 11.6 Å². The first kappa shape index (κ1) is 25.3. The first-order valence-electron chi connectivity index (χ1n) is 11.3. The average Bonchev–Trinajstić information content (AvgIpc) is 2.90. The summed E-state index contributed by atoms with van der Waals surface area (Å²) < 4.78 is 29.7. The Morgan fingerprint density at radius 2 is 1.69 bits per heavy atom. The van der Waals surface area contributed by atoms with E-state index in [9.17, 15) is 14.0 Å². The van der Waals surface area contributed by atoms with Gasteiger partial charge in [-0.05, 0) is 66.6 Å². The molecule has 0 unspecified atom stereocenters. The molecule has 3 aromatic rings. The van der Waals surface area contributed by atoms with Gasteiger partial charge < -0.3 is 24.4 Å². The number of hydrogen-bond donors (Lipinski definition) is 1. The van der Waals surface area contributed by atoms with Gasteiger partial charge in [-0.15, -0.1) is 0 Å². The minimum Gasteiger partial charge on any atom is -0.497 e. The van der Waals surface area contributed by atoms with Crippen molar-refractivity contribution in [2.24, 2.45) is 5.92 Å². The summed E-state index contributed by atoms with van der Waals surface area (Å²) in [5.41, 5.74) is 1.70. The number of amides is 2. The SMILES string of the molecule is COc1ccc(N2C(=O)CC[C@@H](C(=O)Nc3ccc(F)c(Cl)c3)[C@@H]2c2ccc(OC)c(OC)c2)cc1. The molecule has 1 heterocycles. The van der Waals surface area contributed by atoms with Gasteiger partial charge in [-0.3, -0.25) is 9.59 Å². The number of piperidine rings is 1. The molecule has 1 N–H and O–H groups in total. The molecule has 0 spiro atoms. The van der Waals surface area contributed by atoms with Crippen LogP contribution in [0.5, 0.6) is 17.2 Å². The molecule has 0 aromatic heterocycles. The number of methoxy groups -OCH3 is 3. The summed E-state index contributed by atoms with van der Waals surface area (Å²) in [6.07, 6.45) is 0.503. The lowest BCUT2D eigenvalue weighted by atomic mass is 9.83. The second kappa shape index (κ2) is 10.9. The van der Waals surface area contributed by atoms with Gasteiger partial charge in [-0.2, -0.15) is 0 Å². The lowest BCUT2D eigenvalue weighted by molar-refractivity contribution is -0.125. The first-order valence-corrected chi connectivity index (χ1v) is 11.7. The summed E-state index contributed by atoms with van der Waals surface area (Å²) in [4.78, 5) is 28.4. The summed E-state index contributed by atoms with van der Waals surface area (Å²) in [6, 6.07) is 15.8. The second-order valence-electron chi connectivity index (χ2n) is 8.28.